The molecule has 0 aromatic heterocycles. The second kappa shape index (κ2) is 5.80. The van der Waals surface area contributed by atoms with E-state index in [2.05, 4.69) is 0 Å². The summed E-state index contributed by atoms with van der Waals surface area (Å²) in [5, 5.41) is 0. The van der Waals surface area contributed by atoms with Gasteiger partial charge in [0, 0.05) is 15.5 Å². The lowest BCUT2D eigenvalue weighted by atomic mass is 10.2. The van der Waals surface area contributed by atoms with Crippen LogP contribution in [0.3, 0.4) is 0 Å². The molecule has 4 heteroatoms. The number of hydrogen-bond acceptors (Lipinski definition) is 4. The summed E-state index contributed by atoms with van der Waals surface area (Å²) < 4.78 is 4.79. The lowest BCUT2D eigenvalue weighted by Gasteiger charge is -2.10. The van der Waals surface area contributed by atoms with Gasteiger partial charge in [0.2, 0.25) is 0 Å². The van der Waals surface area contributed by atoms with E-state index in [1.807, 2.05) is 37.3 Å². The van der Waals surface area contributed by atoms with Crippen LogP contribution < -0.4 is 5.73 Å². The normalized spacial score (nSPS) is 10.2. The maximum atomic E-state index is 11.8. The van der Waals surface area contributed by atoms with Crippen molar-refractivity contribution < 1.29 is 9.53 Å². The first-order valence-corrected chi connectivity index (χ1v) is 6.65. The van der Waals surface area contributed by atoms with Crippen molar-refractivity contribution in [3.63, 3.8) is 0 Å². The van der Waals surface area contributed by atoms with Gasteiger partial charge in [0.05, 0.1) is 12.7 Å². The van der Waals surface area contributed by atoms with Crippen LogP contribution >= 0.6 is 11.8 Å². The van der Waals surface area contributed by atoms with Crippen molar-refractivity contribution in [3.05, 3.63) is 53.6 Å². The molecule has 0 saturated carbocycles. The summed E-state index contributed by atoms with van der Waals surface area (Å²) in [6.45, 7) is 2.04. The number of anilines is 1. The summed E-state index contributed by atoms with van der Waals surface area (Å²) in [4.78, 5) is 13.7. The van der Waals surface area contributed by atoms with Crippen molar-refractivity contribution in [2.45, 2.75) is 16.7 Å². The highest BCUT2D eigenvalue weighted by Crippen LogP contribution is 2.33. The fraction of sp³-hybridized carbons (Fsp3) is 0.133. The summed E-state index contributed by atoms with van der Waals surface area (Å²) in [6, 6.07) is 13.3. The average molecular weight is 273 g/mol. The number of benzene rings is 2. The van der Waals surface area contributed by atoms with Crippen LogP contribution in [0.5, 0.6) is 0 Å². The van der Waals surface area contributed by atoms with Gasteiger partial charge in [-0.15, -0.1) is 0 Å². The Morgan fingerprint density at radius 3 is 2.58 bits per heavy atom. The van der Waals surface area contributed by atoms with Crippen LogP contribution in [0.15, 0.2) is 52.3 Å². The number of rotatable bonds is 3. The smallest absolute Gasteiger partial charge is 0.339 e. The predicted molar refractivity (Wildman–Crippen MR) is 77.5 cm³/mol. The largest absolute Gasteiger partial charge is 0.465 e. The molecule has 0 unspecified atom stereocenters. The van der Waals surface area contributed by atoms with E-state index in [0.717, 1.165) is 9.79 Å². The van der Waals surface area contributed by atoms with E-state index in [1.165, 1.54) is 24.4 Å². The topological polar surface area (TPSA) is 52.3 Å². The molecule has 19 heavy (non-hydrogen) atoms. The van der Waals surface area contributed by atoms with Crippen molar-refractivity contribution in [1.82, 2.24) is 0 Å². The number of nitrogens with two attached hydrogens (primary N) is 1. The molecular formula is C15H15NO2S. The first-order chi connectivity index (χ1) is 9.11. The van der Waals surface area contributed by atoms with Crippen molar-refractivity contribution >= 4 is 23.4 Å². The molecule has 3 nitrogen and oxygen atoms in total. The molecule has 0 atom stereocenters. The molecule has 0 radical (unpaired) electrons. The number of carbonyl (C=O) groups is 1. The second-order valence-corrected chi connectivity index (χ2v) is 5.20. The van der Waals surface area contributed by atoms with E-state index in [0.29, 0.717) is 11.3 Å². The highest BCUT2D eigenvalue weighted by Gasteiger charge is 2.13. The van der Waals surface area contributed by atoms with Crippen molar-refractivity contribution in [3.8, 4) is 0 Å². The van der Waals surface area contributed by atoms with Gasteiger partial charge in [-0.2, -0.15) is 0 Å². The third-order valence-corrected chi connectivity index (χ3v) is 3.98. The van der Waals surface area contributed by atoms with Crippen molar-refractivity contribution in [2.24, 2.45) is 0 Å². The number of carbonyl (C=O) groups excluding carboxylic acids is 1. The molecule has 0 bridgehead atoms. The Morgan fingerprint density at radius 1 is 1.16 bits per heavy atom. The molecule has 2 aromatic carbocycles. The Morgan fingerprint density at radius 2 is 1.89 bits per heavy atom. The van der Waals surface area contributed by atoms with Gasteiger partial charge in [0.1, 0.15) is 0 Å². The fourth-order valence-corrected chi connectivity index (χ4v) is 2.70. The maximum Gasteiger partial charge on any atom is 0.339 e. The molecule has 0 saturated heterocycles. The maximum absolute atomic E-state index is 11.8. The molecule has 0 heterocycles. The second-order valence-electron chi connectivity index (χ2n) is 4.11. The Kier molecular flexibility index (Phi) is 4.12. The van der Waals surface area contributed by atoms with Crippen LogP contribution in [0.2, 0.25) is 0 Å². The van der Waals surface area contributed by atoms with Gasteiger partial charge in [-0.3, -0.25) is 0 Å². The van der Waals surface area contributed by atoms with Crippen molar-refractivity contribution in [2.75, 3.05) is 12.8 Å². The lowest BCUT2D eigenvalue weighted by molar-refractivity contribution is 0.0597. The van der Waals surface area contributed by atoms with Crippen molar-refractivity contribution in [1.29, 1.82) is 0 Å². The SMILES string of the molecule is COC(=O)c1cc(N)ccc1Sc1ccccc1C. The summed E-state index contributed by atoms with van der Waals surface area (Å²) in [6.07, 6.45) is 0. The molecule has 0 aliphatic carbocycles. The van der Waals surface area contributed by atoms with E-state index in [1.54, 1.807) is 12.1 Å². The molecule has 98 valence electrons. The fourth-order valence-electron chi connectivity index (χ4n) is 1.70. The van der Waals surface area contributed by atoms with Crippen LogP contribution in [0.1, 0.15) is 15.9 Å². The van der Waals surface area contributed by atoms with Crippen LogP contribution in [-0.4, -0.2) is 13.1 Å². The van der Waals surface area contributed by atoms with Gasteiger partial charge in [-0.25, -0.2) is 4.79 Å². The number of esters is 1. The molecule has 2 N–H and O–H groups in total. The zero-order chi connectivity index (χ0) is 13.8. The molecular weight excluding hydrogens is 258 g/mol. The number of ether oxygens (including phenoxy) is 1. The zero-order valence-corrected chi connectivity index (χ0v) is 11.7. The molecule has 0 fully saturated rings. The van der Waals surface area contributed by atoms with E-state index < -0.39 is 0 Å². The number of methoxy groups -OCH3 is 1. The highest BCUT2D eigenvalue weighted by molar-refractivity contribution is 7.99. The van der Waals surface area contributed by atoms with Crippen LogP contribution in [0.4, 0.5) is 5.69 Å². The van der Waals surface area contributed by atoms with E-state index in [-0.39, 0.29) is 5.97 Å². The van der Waals surface area contributed by atoms with Gasteiger partial charge < -0.3 is 10.5 Å². The Balaban J connectivity index is 2.40. The molecule has 0 aliphatic heterocycles. The Hall–Kier alpha value is -1.94. The van der Waals surface area contributed by atoms with Crippen LogP contribution in [0.25, 0.3) is 0 Å². The minimum Gasteiger partial charge on any atom is -0.465 e. The zero-order valence-electron chi connectivity index (χ0n) is 10.8. The molecule has 2 rings (SSSR count). The summed E-state index contributed by atoms with van der Waals surface area (Å²) in [7, 11) is 1.37. The summed E-state index contributed by atoms with van der Waals surface area (Å²) in [5.74, 6) is -0.372. The quantitative estimate of drug-likeness (QED) is 0.686. The van der Waals surface area contributed by atoms with Gasteiger partial charge in [0.25, 0.3) is 0 Å². The molecule has 0 amide bonds. The summed E-state index contributed by atoms with van der Waals surface area (Å²) >= 11 is 1.54. The Labute approximate surface area is 116 Å². The van der Waals surface area contributed by atoms with Gasteiger partial charge in [-0.05, 0) is 36.8 Å². The summed E-state index contributed by atoms with van der Waals surface area (Å²) in [5.41, 5.74) is 7.94. The molecule has 0 spiro atoms. The number of nitrogen functional groups attached to an aromatic ring is 1. The first-order valence-electron chi connectivity index (χ1n) is 5.83. The first kappa shape index (κ1) is 13.5. The minimum atomic E-state index is -0.372. The Bertz CT molecular complexity index is 611. The third kappa shape index (κ3) is 3.09. The van der Waals surface area contributed by atoms with E-state index in [4.69, 9.17) is 10.5 Å². The van der Waals surface area contributed by atoms with E-state index in [9.17, 15) is 4.79 Å². The van der Waals surface area contributed by atoms with Crippen LogP contribution in [0, 0.1) is 6.92 Å². The predicted octanol–water partition coefficient (Wildman–Crippen LogP) is 3.52. The number of hydrogen-bond donors (Lipinski definition) is 1. The lowest BCUT2D eigenvalue weighted by Crippen LogP contribution is -2.04. The minimum absolute atomic E-state index is 0.372. The van der Waals surface area contributed by atoms with Gasteiger partial charge in [-0.1, -0.05) is 30.0 Å². The highest BCUT2D eigenvalue weighted by atomic mass is 32.2. The van der Waals surface area contributed by atoms with Crippen LogP contribution in [-0.2, 0) is 4.74 Å². The number of aryl methyl sites for hydroxylation is 1. The monoisotopic (exact) mass is 273 g/mol. The van der Waals surface area contributed by atoms with Gasteiger partial charge in [0.15, 0.2) is 0 Å². The molecule has 0 aliphatic rings. The standard InChI is InChI=1S/C15H15NO2S/c1-10-5-3-4-6-13(10)19-14-8-7-11(16)9-12(14)15(17)18-2/h3-9H,16H2,1-2H3. The third-order valence-electron chi connectivity index (χ3n) is 2.72. The molecule has 2 aromatic rings. The average Bonchev–Trinajstić information content (AvgIpc) is 2.42. The van der Waals surface area contributed by atoms with Gasteiger partial charge >= 0.3 is 5.97 Å². The van der Waals surface area contributed by atoms with E-state index >= 15 is 0 Å².